The van der Waals surface area contributed by atoms with Crippen molar-refractivity contribution in [2.24, 2.45) is 10.7 Å². The summed E-state index contributed by atoms with van der Waals surface area (Å²) in [5, 5.41) is 3.01. The first kappa shape index (κ1) is 14.6. The molecule has 0 saturated heterocycles. The summed E-state index contributed by atoms with van der Waals surface area (Å²) in [6.45, 7) is 0.381. The number of hydrogen-bond acceptors (Lipinski definition) is 4. The normalized spacial score (nSPS) is 11.0. The van der Waals surface area contributed by atoms with E-state index in [9.17, 15) is 0 Å². The molecule has 0 amide bonds. The van der Waals surface area contributed by atoms with Gasteiger partial charge in [-0.2, -0.15) is 0 Å². The Morgan fingerprint density at radius 1 is 1.14 bits per heavy atom. The van der Waals surface area contributed by atoms with Crippen LogP contribution in [-0.2, 0) is 6.54 Å². The van der Waals surface area contributed by atoms with E-state index in [1.807, 2.05) is 36.4 Å². The van der Waals surface area contributed by atoms with Crippen molar-refractivity contribution in [3.05, 3.63) is 48.2 Å². The van der Waals surface area contributed by atoms with E-state index < -0.39 is 0 Å². The van der Waals surface area contributed by atoms with Gasteiger partial charge in [0.2, 0.25) is 5.88 Å². The Labute approximate surface area is 123 Å². The summed E-state index contributed by atoms with van der Waals surface area (Å²) in [5.41, 5.74) is 7.47. The molecule has 1 heterocycles. The van der Waals surface area contributed by atoms with Gasteiger partial charge in [-0.05, 0) is 30.3 Å². The smallest absolute Gasteiger partial charge is 0.213 e. The number of rotatable bonds is 5. The molecule has 0 bridgehead atoms. The molecule has 21 heavy (non-hydrogen) atoms. The Hall–Kier alpha value is -2.76. The van der Waals surface area contributed by atoms with Crippen molar-refractivity contribution in [3.63, 3.8) is 0 Å². The molecule has 0 aliphatic rings. The molecule has 3 N–H and O–H groups in total. The summed E-state index contributed by atoms with van der Waals surface area (Å²) in [5.74, 6) is 1.67. The van der Waals surface area contributed by atoms with Crippen molar-refractivity contribution < 1.29 is 9.47 Å². The summed E-state index contributed by atoms with van der Waals surface area (Å²) in [7, 11) is 3.20. The van der Waals surface area contributed by atoms with Crippen molar-refractivity contribution >= 4 is 11.6 Å². The van der Waals surface area contributed by atoms with Gasteiger partial charge in [-0.3, -0.25) is 0 Å². The van der Waals surface area contributed by atoms with E-state index in [1.165, 1.54) is 0 Å². The summed E-state index contributed by atoms with van der Waals surface area (Å²) >= 11 is 0. The van der Waals surface area contributed by atoms with Crippen molar-refractivity contribution in [1.82, 2.24) is 4.98 Å². The van der Waals surface area contributed by atoms with E-state index in [4.69, 9.17) is 15.2 Å². The van der Waals surface area contributed by atoms with Crippen LogP contribution in [0.4, 0.5) is 5.69 Å². The van der Waals surface area contributed by atoms with Crippen LogP contribution in [0.1, 0.15) is 5.69 Å². The van der Waals surface area contributed by atoms with E-state index in [0.717, 1.165) is 17.1 Å². The second kappa shape index (κ2) is 7.14. The fraction of sp³-hybridized carbons (Fsp3) is 0.200. The lowest BCUT2D eigenvalue weighted by atomic mass is 10.3. The summed E-state index contributed by atoms with van der Waals surface area (Å²) in [6.07, 6.45) is 0. The van der Waals surface area contributed by atoms with Gasteiger partial charge in [-0.25, -0.2) is 9.98 Å². The molecule has 110 valence electrons. The zero-order valence-electron chi connectivity index (χ0n) is 12.0. The Morgan fingerprint density at radius 3 is 2.57 bits per heavy atom. The average molecular weight is 286 g/mol. The van der Waals surface area contributed by atoms with Crippen molar-refractivity contribution in [1.29, 1.82) is 0 Å². The highest BCUT2D eigenvalue weighted by Gasteiger charge is 1.99. The SMILES string of the molecule is COc1ccc(NC(N)=NCc2cccc(OC)n2)cc1. The topological polar surface area (TPSA) is 81.8 Å². The second-order valence-electron chi connectivity index (χ2n) is 4.23. The number of nitrogens with zero attached hydrogens (tertiary/aromatic N) is 2. The van der Waals surface area contributed by atoms with E-state index in [1.54, 1.807) is 20.3 Å². The number of aromatic nitrogens is 1. The molecule has 0 saturated carbocycles. The van der Waals surface area contributed by atoms with Crippen LogP contribution in [0, 0.1) is 0 Å². The Morgan fingerprint density at radius 2 is 1.90 bits per heavy atom. The van der Waals surface area contributed by atoms with Gasteiger partial charge in [-0.1, -0.05) is 6.07 Å². The van der Waals surface area contributed by atoms with Crippen LogP contribution in [0.25, 0.3) is 0 Å². The molecule has 0 spiro atoms. The average Bonchev–Trinajstić information content (AvgIpc) is 2.54. The first-order chi connectivity index (χ1) is 10.2. The maximum absolute atomic E-state index is 5.84. The largest absolute Gasteiger partial charge is 0.497 e. The van der Waals surface area contributed by atoms with Crippen molar-refractivity contribution in [2.75, 3.05) is 19.5 Å². The van der Waals surface area contributed by atoms with E-state index in [2.05, 4.69) is 15.3 Å². The Bertz CT molecular complexity index is 611. The summed E-state index contributed by atoms with van der Waals surface area (Å²) in [4.78, 5) is 8.51. The quantitative estimate of drug-likeness (QED) is 0.649. The van der Waals surface area contributed by atoms with E-state index >= 15 is 0 Å². The zero-order valence-corrected chi connectivity index (χ0v) is 12.0. The number of hydrogen-bond donors (Lipinski definition) is 2. The molecule has 0 aliphatic carbocycles. The highest BCUT2D eigenvalue weighted by atomic mass is 16.5. The first-order valence-corrected chi connectivity index (χ1v) is 6.42. The number of methoxy groups -OCH3 is 2. The van der Waals surface area contributed by atoms with Gasteiger partial charge in [0.05, 0.1) is 26.5 Å². The molecule has 1 aromatic heterocycles. The minimum absolute atomic E-state index is 0.324. The van der Waals surface area contributed by atoms with Crippen LogP contribution in [0.5, 0.6) is 11.6 Å². The van der Waals surface area contributed by atoms with Gasteiger partial charge in [0, 0.05) is 11.8 Å². The van der Waals surface area contributed by atoms with Gasteiger partial charge < -0.3 is 20.5 Å². The molecular formula is C15H18N4O2. The predicted molar refractivity (Wildman–Crippen MR) is 82.7 cm³/mol. The zero-order chi connectivity index (χ0) is 15.1. The summed E-state index contributed by atoms with van der Waals surface area (Å²) in [6, 6.07) is 12.9. The minimum Gasteiger partial charge on any atom is -0.497 e. The van der Waals surface area contributed by atoms with E-state index in [-0.39, 0.29) is 0 Å². The van der Waals surface area contributed by atoms with Crippen molar-refractivity contribution in [2.45, 2.75) is 6.54 Å². The van der Waals surface area contributed by atoms with Crippen LogP contribution < -0.4 is 20.5 Å². The van der Waals surface area contributed by atoms with E-state index in [0.29, 0.717) is 18.4 Å². The van der Waals surface area contributed by atoms with Crippen LogP contribution in [0.3, 0.4) is 0 Å². The van der Waals surface area contributed by atoms with Gasteiger partial charge in [0.15, 0.2) is 5.96 Å². The standard InChI is InChI=1S/C15H18N4O2/c1-20-13-8-6-11(7-9-13)19-15(16)17-10-12-4-3-5-14(18-12)21-2/h3-9H,10H2,1-2H3,(H3,16,17,19). The number of nitrogens with two attached hydrogens (primary N) is 1. The molecule has 6 heteroatoms. The molecule has 6 nitrogen and oxygen atoms in total. The molecule has 0 fully saturated rings. The lowest BCUT2D eigenvalue weighted by Gasteiger charge is -2.07. The summed E-state index contributed by atoms with van der Waals surface area (Å²) < 4.78 is 10.2. The molecule has 1 aromatic carbocycles. The Balaban J connectivity index is 1.96. The maximum atomic E-state index is 5.84. The van der Waals surface area contributed by atoms with Crippen LogP contribution in [0.2, 0.25) is 0 Å². The van der Waals surface area contributed by atoms with Crippen LogP contribution in [-0.4, -0.2) is 25.2 Å². The number of benzene rings is 1. The molecule has 0 unspecified atom stereocenters. The number of aliphatic imine (C=N–C) groups is 1. The number of guanidine groups is 1. The predicted octanol–water partition coefficient (Wildman–Crippen LogP) is 2.03. The third-order valence-electron chi connectivity index (χ3n) is 2.76. The van der Waals surface area contributed by atoms with Crippen LogP contribution in [0.15, 0.2) is 47.5 Å². The molecule has 0 radical (unpaired) electrons. The molecule has 0 aliphatic heterocycles. The fourth-order valence-corrected chi connectivity index (χ4v) is 1.69. The lowest BCUT2D eigenvalue weighted by Crippen LogP contribution is -2.22. The highest BCUT2D eigenvalue weighted by molar-refractivity contribution is 5.92. The minimum atomic E-state index is 0.324. The second-order valence-corrected chi connectivity index (χ2v) is 4.23. The third kappa shape index (κ3) is 4.38. The van der Waals surface area contributed by atoms with Crippen molar-refractivity contribution in [3.8, 4) is 11.6 Å². The molecule has 2 aromatic rings. The number of nitrogens with one attached hydrogen (secondary N) is 1. The molecule has 2 rings (SSSR count). The van der Waals surface area contributed by atoms with Crippen LogP contribution >= 0.6 is 0 Å². The fourth-order valence-electron chi connectivity index (χ4n) is 1.69. The number of anilines is 1. The monoisotopic (exact) mass is 286 g/mol. The number of pyridine rings is 1. The first-order valence-electron chi connectivity index (χ1n) is 6.42. The van der Waals surface area contributed by atoms with Gasteiger partial charge in [-0.15, -0.1) is 0 Å². The highest BCUT2D eigenvalue weighted by Crippen LogP contribution is 2.14. The van der Waals surface area contributed by atoms with Gasteiger partial charge in [0.25, 0.3) is 0 Å². The maximum Gasteiger partial charge on any atom is 0.213 e. The third-order valence-corrected chi connectivity index (χ3v) is 2.76. The molecule has 0 atom stereocenters. The Kier molecular flexibility index (Phi) is 4.98. The lowest BCUT2D eigenvalue weighted by molar-refractivity contribution is 0.396. The molecular weight excluding hydrogens is 268 g/mol. The van der Waals surface area contributed by atoms with Gasteiger partial charge in [0.1, 0.15) is 5.75 Å². The number of ether oxygens (including phenoxy) is 2. The van der Waals surface area contributed by atoms with Gasteiger partial charge >= 0.3 is 0 Å².